The molecule has 1 N–H and O–H groups in total. The fraction of sp³-hybridized carbons (Fsp3) is 0.294. The molecule has 0 radical (unpaired) electrons. The highest BCUT2D eigenvalue weighted by atomic mass is 19.2. The van der Waals surface area contributed by atoms with E-state index in [0.29, 0.717) is 13.1 Å². The van der Waals surface area contributed by atoms with E-state index in [1.807, 2.05) is 6.20 Å². The average Bonchev–Trinajstić information content (AvgIpc) is 3.27. The van der Waals surface area contributed by atoms with Crippen molar-refractivity contribution in [1.29, 1.82) is 0 Å². The van der Waals surface area contributed by atoms with Crippen LogP contribution < -0.4 is 5.32 Å². The van der Waals surface area contributed by atoms with E-state index < -0.39 is 11.6 Å². The molecule has 0 spiro atoms. The molecule has 25 heavy (non-hydrogen) atoms. The van der Waals surface area contributed by atoms with Crippen molar-refractivity contribution in [3.05, 3.63) is 71.6 Å². The summed E-state index contributed by atoms with van der Waals surface area (Å²) in [5, 5.41) is 11.6. The zero-order chi connectivity index (χ0) is 17.2. The van der Waals surface area contributed by atoms with E-state index in [4.69, 9.17) is 0 Å². The van der Waals surface area contributed by atoms with Gasteiger partial charge in [0.1, 0.15) is 6.33 Å². The Labute approximate surface area is 142 Å². The first-order valence-corrected chi connectivity index (χ1v) is 8.00. The van der Waals surface area contributed by atoms with Crippen LogP contribution in [0, 0.1) is 11.6 Å². The Bertz CT molecular complexity index is 867. The Morgan fingerprint density at radius 3 is 2.80 bits per heavy atom. The van der Waals surface area contributed by atoms with Crippen LogP contribution in [-0.4, -0.2) is 31.0 Å². The zero-order valence-corrected chi connectivity index (χ0v) is 13.3. The van der Waals surface area contributed by atoms with Gasteiger partial charge in [-0.15, -0.1) is 5.10 Å². The van der Waals surface area contributed by atoms with Gasteiger partial charge < -0.3 is 5.32 Å². The van der Waals surface area contributed by atoms with Crippen LogP contribution in [0.1, 0.15) is 29.2 Å². The third kappa shape index (κ3) is 3.69. The molecule has 0 aliphatic heterocycles. The van der Waals surface area contributed by atoms with Gasteiger partial charge in [0.05, 0.1) is 18.4 Å². The highest BCUT2D eigenvalue weighted by molar-refractivity contribution is 5.29. The molecule has 128 valence electrons. The minimum absolute atomic E-state index is 0.214. The third-order valence-electron chi connectivity index (χ3n) is 4.25. The predicted molar refractivity (Wildman–Crippen MR) is 85.5 cm³/mol. The molecule has 4 rings (SSSR count). The molecule has 2 atom stereocenters. The Morgan fingerprint density at radius 2 is 2.00 bits per heavy atom. The maximum atomic E-state index is 13.3. The first kappa shape index (κ1) is 15.8. The number of benzene rings is 1. The second-order valence-electron chi connectivity index (χ2n) is 6.16. The molecule has 1 fully saturated rings. The summed E-state index contributed by atoms with van der Waals surface area (Å²) in [6.45, 7) is 1.14. The lowest BCUT2D eigenvalue weighted by atomic mass is 10.1. The minimum Gasteiger partial charge on any atom is -0.308 e. The van der Waals surface area contributed by atoms with Gasteiger partial charge in [0.25, 0.3) is 0 Å². The fourth-order valence-corrected chi connectivity index (χ4v) is 2.86. The summed E-state index contributed by atoms with van der Waals surface area (Å²) in [7, 11) is 0. The van der Waals surface area contributed by atoms with Crippen molar-refractivity contribution in [2.45, 2.75) is 31.5 Å². The quantitative estimate of drug-likeness (QED) is 0.742. The van der Waals surface area contributed by atoms with Crippen molar-refractivity contribution in [3.63, 3.8) is 0 Å². The molecular weight excluding hydrogens is 326 g/mol. The van der Waals surface area contributed by atoms with Crippen molar-refractivity contribution in [2.75, 3.05) is 0 Å². The summed E-state index contributed by atoms with van der Waals surface area (Å²) >= 11 is 0. The predicted octanol–water partition coefficient (Wildman–Crippen LogP) is 2.04. The Kier molecular flexibility index (Phi) is 4.19. The van der Waals surface area contributed by atoms with Gasteiger partial charge in [0.2, 0.25) is 0 Å². The van der Waals surface area contributed by atoms with Crippen molar-refractivity contribution >= 4 is 0 Å². The second-order valence-corrected chi connectivity index (χ2v) is 6.16. The van der Waals surface area contributed by atoms with E-state index >= 15 is 0 Å². The van der Waals surface area contributed by atoms with Gasteiger partial charge in [0.15, 0.2) is 11.6 Å². The van der Waals surface area contributed by atoms with Crippen molar-refractivity contribution in [2.24, 2.45) is 0 Å². The molecule has 1 aliphatic carbocycles. The smallest absolute Gasteiger partial charge is 0.159 e. The van der Waals surface area contributed by atoms with Crippen molar-refractivity contribution in [3.8, 4) is 0 Å². The molecule has 0 saturated heterocycles. The summed E-state index contributed by atoms with van der Waals surface area (Å²) < 4.78 is 28.0. The van der Waals surface area contributed by atoms with E-state index in [1.54, 1.807) is 23.1 Å². The molecule has 0 bridgehead atoms. The lowest BCUT2D eigenvalue weighted by Gasteiger charge is -2.03. The highest BCUT2D eigenvalue weighted by Crippen LogP contribution is 2.41. The van der Waals surface area contributed by atoms with Crippen LogP contribution in [0.25, 0.3) is 0 Å². The van der Waals surface area contributed by atoms with Gasteiger partial charge in [-0.2, -0.15) is 0 Å². The summed E-state index contributed by atoms with van der Waals surface area (Å²) in [5.74, 6) is -1.39. The van der Waals surface area contributed by atoms with E-state index in [0.717, 1.165) is 23.2 Å². The number of nitrogens with zero attached hydrogens (tertiary/aromatic N) is 5. The molecule has 2 heterocycles. The molecule has 0 unspecified atom stereocenters. The van der Waals surface area contributed by atoms with Gasteiger partial charge in [-0.1, -0.05) is 11.3 Å². The lowest BCUT2D eigenvalue weighted by molar-refractivity contribution is 0.506. The highest BCUT2D eigenvalue weighted by Gasteiger charge is 2.38. The van der Waals surface area contributed by atoms with E-state index in [9.17, 15) is 8.78 Å². The Hall–Kier alpha value is -2.74. The van der Waals surface area contributed by atoms with E-state index in [1.165, 1.54) is 18.5 Å². The number of aromatic nitrogens is 5. The maximum Gasteiger partial charge on any atom is 0.159 e. The van der Waals surface area contributed by atoms with Crippen LogP contribution in [0.15, 0.2) is 43.1 Å². The number of hydrogen-bond donors (Lipinski definition) is 1. The van der Waals surface area contributed by atoms with Crippen LogP contribution in [0.3, 0.4) is 0 Å². The SMILES string of the molecule is Fc1ccc([C@@H]2C[C@H]2NCc2cn(Cc3cncnc3)nn2)cc1F. The number of nitrogens with one attached hydrogen (secondary N) is 1. The third-order valence-corrected chi connectivity index (χ3v) is 4.25. The van der Waals surface area contributed by atoms with Gasteiger partial charge in [-0.3, -0.25) is 0 Å². The largest absolute Gasteiger partial charge is 0.308 e. The molecule has 3 aromatic rings. The van der Waals surface area contributed by atoms with Gasteiger partial charge >= 0.3 is 0 Å². The summed E-state index contributed by atoms with van der Waals surface area (Å²) in [6.07, 6.45) is 7.74. The molecule has 8 heteroatoms. The standard InChI is InChI=1S/C17H16F2N6/c18-15-2-1-12(3-16(15)19)14-4-17(14)22-7-13-9-25(24-23-13)8-11-5-20-10-21-6-11/h1-3,5-6,9-10,14,17,22H,4,7-8H2/t14-,17+/m0/s1. The van der Waals surface area contributed by atoms with E-state index in [-0.39, 0.29) is 12.0 Å². The minimum atomic E-state index is -0.811. The topological polar surface area (TPSA) is 68.5 Å². The van der Waals surface area contributed by atoms with Crippen molar-refractivity contribution < 1.29 is 8.78 Å². The summed E-state index contributed by atoms with van der Waals surface area (Å²) in [5.41, 5.74) is 2.60. The molecule has 1 aromatic carbocycles. The lowest BCUT2D eigenvalue weighted by Crippen LogP contribution is -2.17. The van der Waals surface area contributed by atoms with Crippen LogP contribution in [0.5, 0.6) is 0 Å². The monoisotopic (exact) mass is 342 g/mol. The molecule has 1 aliphatic rings. The number of rotatable bonds is 6. The van der Waals surface area contributed by atoms with Gasteiger partial charge in [0, 0.05) is 36.5 Å². The van der Waals surface area contributed by atoms with Crippen LogP contribution in [-0.2, 0) is 13.1 Å². The zero-order valence-electron chi connectivity index (χ0n) is 13.3. The normalized spacial score (nSPS) is 19.1. The maximum absolute atomic E-state index is 13.3. The van der Waals surface area contributed by atoms with Crippen molar-refractivity contribution in [1.82, 2.24) is 30.3 Å². The van der Waals surface area contributed by atoms with Crippen LogP contribution in [0.4, 0.5) is 8.78 Å². The molecule has 0 amide bonds. The average molecular weight is 342 g/mol. The fourth-order valence-electron chi connectivity index (χ4n) is 2.86. The summed E-state index contributed by atoms with van der Waals surface area (Å²) in [6, 6.07) is 4.35. The first-order valence-electron chi connectivity index (χ1n) is 8.00. The molecule has 6 nitrogen and oxygen atoms in total. The van der Waals surface area contributed by atoms with Gasteiger partial charge in [-0.05, 0) is 24.1 Å². The summed E-state index contributed by atoms with van der Waals surface area (Å²) in [4.78, 5) is 7.94. The number of hydrogen-bond acceptors (Lipinski definition) is 5. The Balaban J connectivity index is 1.30. The van der Waals surface area contributed by atoms with Crippen LogP contribution in [0.2, 0.25) is 0 Å². The number of halogens is 2. The molecule has 2 aromatic heterocycles. The Morgan fingerprint density at radius 1 is 1.16 bits per heavy atom. The van der Waals surface area contributed by atoms with E-state index in [2.05, 4.69) is 25.6 Å². The molecule has 1 saturated carbocycles. The second kappa shape index (κ2) is 6.64. The van der Waals surface area contributed by atoms with Crippen LogP contribution >= 0.6 is 0 Å². The first-order chi connectivity index (χ1) is 12.2. The molecular formula is C17H16F2N6. The van der Waals surface area contributed by atoms with Gasteiger partial charge in [-0.25, -0.2) is 23.4 Å².